The second kappa shape index (κ2) is 6.10. The molecule has 0 aliphatic heterocycles. The molecule has 7 nitrogen and oxygen atoms in total. The summed E-state index contributed by atoms with van der Waals surface area (Å²) < 4.78 is 4.07. The maximum Gasteiger partial charge on any atom is 0.346 e. The van der Waals surface area contributed by atoms with Gasteiger partial charge in [-0.05, 0) is 6.42 Å². The van der Waals surface area contributed by atoms with Crippen molar-refractivity contribution in [3.05, 3.63) is 0 Å². The van der Waals surface area contributed by atoms with Crippen LogP contribution in [0.3, 0.4) is 0 Å². The monoisotopic (exact) mass is 220 g/mol. The molecule has 0 rings (SSSR count). The predicted molar refractivity (Wildman–Crippen MR) is 45.7 cm³/mol. The highest BCUT2D eigenvalue weighted by molar-refractivity contribution is 5.91. The molecule has 0 aromatic carbocycles. The Labute approximate surface area is 85.3 Å². The summed E-state index contributed by atoms with van der Waals surface area (Å²) in [6, 6.07) is 0. The Kier molecular flexibility index (Phi) is 5.50. The Bertz CT molecular complexity index is 260. The van der Waals surface area contributed by atoms with Crippen LogP contribution in [-0.4, -0.2) is 45.4 Å². The van der Waals surface area contributed by atoms with Crippen molar-refractivity contribution in [1.82, 2.24) is 0 Å². The molecule has 7 heteroatoms. The Balaban J connectivity index is 4.21. The molecule has 0 aromatic rings. The van der Waals surface area contributed by atoms with Crippen molar-refractivity contribution in [2.45, 2.75) is 32.0 Å². The van der Waals surface area contributed by atoms with E-state index >= 15 is 0 Å². The summed E-state index contributed by atoms with van der Waals surface area (Å²) in [6.07, 6.45) is -4.14. The Morgan fingerprint density at radius 3 is 2.13 bits per heavy atom. The molecule has 3 N–H and O–H groups in total. The van der Waals surface area contributed by atoms with Crippen LogP contribution in [0.25, 0.3) is 0 Å². The summed E-state index contributed by atoms with van der Waals surface area (Å²) in [7, 11) is 0. The summed E-state index contributed by atoms with van der Waals surface area (Å²) in [5.74, 6) is -4.12. The van der Waals surface area contributed by atoms with Gasteiger partial charge in [-0.25, -0.2) is 9.59 Å². The highest BCUT2D eigenvalue weighted by Crippen LogP contribution is 2.00. The third kappa shape index (κ3) is 4.52. The molecule has 2 unspecified atom stereocenters. The molecule has 0 bridgehead atoms. The van der Waals surface area contributed by atoms with Gasteiger partial charge < -0.3 is 20.1 Å². The van der Waals surface area contributed by atoms with Gasteiger partial charge in [0.1, 0.15) is 0 Å². The van der Waals surface area contributed by atoms with E-state index in [9.17, 15) is 14.4 Å². The molecular formula is C8H12O7. The molecule has 2 atom stereocenters. The number of aliphatic hydroxyl groups excluding tert-OH is 2. The average Bonchev–Trinajstić information content (AvgIpc) is 2.15. The lowest BCUT2D eigenvalue weighted by Crippen LogP contribution is -2.41. The van der Waals surface area contributed by atoms with E-state index in [2.05, 4.69) is 4.74 Å². The number of esters is 2. The molecular weight excluding hydrogens is 208 g/mol. The zero-order valence-electron chi connectivity index (χ0n) is 8.04. The molecule has 15 heavy (non-hydrogen) atoms. The fourth-order valence-corrected chi connectivity index (χ4v) is 0.692. The van der Waals surface area contributed by atoms with Gasteiger partial charge in [0.15, 0.2) is 12.2 Å². The van der Waals surface area contributed by atoms with Crippen LogP contribution in [0.4, 0.5) is 0 Å². The number of ether oxygens (including phenoxy) is 1. The van der Waals surface area contributed by atoms with Crippen LogP contribution in [0.15, 0.2) is 0 Å². The minimum atomic E-state index is -2.30. The van der Waals surface area contributed by atoms with Gasteiger partial charge in [-0.15, -0.1) is 0 Å². The van der Waals surface area contributed by atoms with Crippen molar-refractivity contribution in [3.63, 3.8) is 0 Å². The van der Waals surface area contributed by atoms with E-state index in [0.717, 1.165) is 0 Å². The maximum atomic E-state index is 10.9. The fourth-order valence-electron chi connectivity index (χ4n) is 0.692. The minimum absolute atomic E-state index is 0.0262. The summed E-state index contributed by atoms with van der Waals surface area (Å²) in [6.45, 7) is 1.67. The first-order chi connectivity index (χ1) is 6.90. The summed E-state index contributed by atoms with van der Waals surface area (Å²) >= 11 is 0. The predicted octanol–water partition coefficient (Wildman–Crippen LogP) is -1.34. The number of carboxylic acid groups (broad SMARTS) is 1. The van der Waals surface area contributed by atoms with Crippen LogP contribution in [0.2, 0.25) is 0 Å². The van der Waals surface area contributed by atoms with Crippen LogP contribution in [0.5, 0.6) is 0 Å². The van der Waals surface area contributed by atoms with Crippen molar-refractivity contribution in [3.8, 4) is 0 Å². The van der Waals surface area contributed by atoms with Crippen molar-refractivity contribution in [1.29, 1.82) is 0 Å². The van der Waals surface area contributed by atoms with E-state index in [4.69, 9.17) is 15.3 Å². The molecule has 0 amide bonds. The van der Waals surface area contributed by atoms with Gasteiger partial charge in [-0.2, -0.15) is 0 Å². The molecule has 0 aliphatic carbocycles. The molecule has 0 radical (unpaired) electrons. The second-order valence-electron chi connectivity index (χ2n) is 2.77. The molecule has 0 aromatic heterocycles. The van der Waals surface area contributed by atoms with Gasteiger partial charge in [-0.3, -0.25) is 4.79 Å². The van der Waals surface area contributed by atoms with E-state index in [-0.39, 0.29) is 6.42 Å². The highest BCUT2D eigenvalue weighted by Gasteiger charge is 2.32. The summed E-state index contributed by atoms with van der Waals surface area (Å²) in [5, 5.41) is 25.9. The second-order valence-corrected chi connectivity index (χ2v) is 2.77. The lowest BCUT2D eigenvalue weighted by atomic mass is 10.2. The topological polar surface area (TPSA) is 121 Å². The summed E-state index contributed by atoms with van der Waals surface area (Å²) in [5.41, 5.74) is 0. The van der Waals surface area contributed by atoms with E-state index in [0.29, 0.717) is 6.42 Å². The van der Waals surface area contributed by atoms with Crippen molar-refractivity contribution < 1.29 is 34.4 Å². The number of rotatable bonds is 5. The number of hydrogen-bond acceptors (Lipinski definition) is 6. The lowest BCUT2D eigenvalue weighted by Gasteiger charge is -2.11. The Morgan fingerprint density at radius 1 is 1.20 bits per heavy atom. The molecule has 0 fully saturated rings. The van der Waals surface area contributed by atoms with Crippen molar-refractivity contribution in [2.75, 3.05) is 0 Å². The third-order valence-corrected chi connectivity index (χ3v) is 1.46. The van der Waals surface area contributed by atoms with Gasteiger partial charge >= 0.3 is 17.9 Å². The normalized spacial score (nSPS) is 14.1. The number of carboxylic acids is 1. The van der Waals surface area contributed by atoms with E-state index in [1.54, 1.807) is 6.92 Å². The molecule has 0 saturated heterocycles. The van der Waals surface area contributed by atoms with Gasteiger partial charge in [0, 0.05) is 6.42 Å². The summed E-state index contributed by atoms with van der Waals surface area (Å²) in [4.78, 5) is 31.8. The molecule has 0 aliphatic rings. The van der Waals surface area contributed by atoms with E-state index in [1.165, 1.54) is 0 Å². The zero-order valence-corrected chi connectivity index (χ0v) is 8.04. The van der Waals surface area contributed by atoms with E-state index in [1.807, 2.05) is 0 Å². The quantitative estimate of drug-likeness (QED) is 0.387. The van der Waals surface area contributed by atoms with Gasteiger partial charge in [-0.1, -0.05) is 6.92 Å². The van der Waals surface area contributed by atoms with E-state index < -0.39 is 30.1 Å². The first-order valence-electron chi connectivity index (χ1n) is 4.23. The molecule has 0 spiro atoms. The maximum absolute atomic E-state index is 10.9. The number of hydrogen-bond donors (Lipinski definition) is 3. The standard InChI is InChI=1S/C8H12O7/c1-2-3-4(9)15-8(14)6(11)5(10)7(12)13/h5-6,10-11H,2-3H2,1H3,(H,12,13). The number of aliphatic hydroxyl groups is 2. The Morgan fingerprint density at radius 2 is 1.73 bits per heavy atom. The number of aliphatic carboxylic acids is 1. The molecule has 0 heterocycles. The Hall–Kier alpha value is -1.47. The smallest absolute Gasteiger partial charge is 0.346 e. The largest absolute Gasteiger partial charge is 0.479 e. The van der Waals surface area contributed by atoms with Crippen molar-refractivity contribution >= 4 is 17.9 Å². The zero-order chi connectivity index (χ0) is 12.0. The fraction of sp³-hybridized carbons (Fsp3) is 0.625. The lowest BCUT2D eigenvalue weighted by molar-refractivity contribution is -0.175. The number of carbonyl (C=O) groups is 3. The van der Waals surface area contributed by atoms with Gasteiger partial charge in [0.25, 0.3) is 0 Å². The molecule has 86 valence electrons. The van der Waals surface area contributed by atoms with Gasteiger partial charge in [0.2, 0.25) is 0 Å². The SMILES string of the molecule is CCCC(=O)OC(=O)C(O)C(O)C(=O)O. The van der Waals surface area contributed by atoms with Crippen molar-refractivity contribution in [2.24, 2.45) is 0 Å². The van der Waals surface area contributed by atoms with Crippen LogP contribution in [0.1, 0.15) is 19.8 Å². The third-order valence-electron chi connectivity index (χ3n) is 1.46. The van der Waals surface area contributed by atoms with Gasteiger partial charge in [0.05, 0.1) is 0 Å². The van der Waals surface area contributed by atoms with Crippen LogP contribution in [0, 0.1) is 0 Å². The minimum Gasteiger partial charge on any atom is -0.479 e. The number of carbonyl (C=O) groups excluding carboxylic acids is 2. The first-order valence-corrected chi connectivity index (χ1v) is 4.23. The van der Waals surface area contributed by atoms with Crippen LogP contribution >= 0.6 is 0 Å². The molecule has 0 saturated carbocycles. The van der Waals surface area contributed by atoms with Crippen LogP contribution < -0.4 is 0 Å². The van der Waals surface area contributed by atoms with Crippen LogP contribution in [-0.2, 0) is 19.1 Å². The first kappa shape index (κ1) is 13.5. The average molecular weight is 220 g/mol. The highest BCUT2D eigenvalue weighted by atomic mass is 16.6.